The summed E-state index contributed by atoms with van der Waals surface area (Å²) in [6, 6.07) is 17.4. The Hall–Kier alpha value is -1.80. The molecule has 2 atom stereocenters. The second-order valence-electron chi connectivity index (χ2n) is 5.56. The summed E-state index contributed by atoms with van der Waals surface area (Å²) < 4.78 is 5.93. The minimum atomic E-state index is 0.336. The fraction of sp³-hybridized carbons (Fsp3) is 0.333. The first-order valence-corrected chi connectivity index (χ1v) is 7.22. The van der Waals surface area contributed by atoms with Crippen molar-refractivity contribution in [3.8, 4) is 5.75 Å². The van der Waals surface area contributed by atoms with E-state index in [-0.39, 0.29) is 0 Å². The minimum Gasteiger partial charge on any atom is -0.493 e. The summed E-state index contributed by atoms with van der Waals surface area (Å²) in [4.78, 5) is 0. The second kappa shape index (κ2) is 5.68. The van der Waals surface area contributed by atoms with Crippen LogP contribution in [0, 0.1) is 12.8 Å². The average Bonchev–Trinajstić information content (AvgIpc) is 2.48. The van der Waals surface area contributed by atoms with Crippen LogP contribution in [-0.2, 0) is 6.42 Å². The van der Waals surface area contributed by atoms with Gasteiger partial charge in [-0.2, -0.15) is 0 Å². The number of para-hydroxylation sites is 1. The molecule has 2 nitrogen and oxygen atoms in total. The van der Waals surface area contributed by atoms with E-state index in [1.807, 2.05) is 13.1 Å². The summed E-state index contributed by atoms with van der Waals surface area (Å²) in [7, 11) is 2.04. The minimum absolute atomic E-state index is 0.336. The number of benzene rings is 2. The Balaban J connectivity index is 1.85. The first-order chi connectivity index (χ1) is 9.78. The molecule has 0 amide bonds. The van der Waals surface area contributed by atoms with Crippen molar-refractivity contribution in [1.82, 2.24) is 5.32 Å². The molecule has 0 fully saturated rings. The zero-order chi connectivity index (χ0) is 13.9. The Bertz CT molecular complexity index is 593. The van der Waals surface area contributed by atoms with Crippen LogP contribution >= 0.6 is 0 Å². The predicted molar refractivity (Wildman–Crippen MR) is 82.1 cm³/mol. The zero-order valence-electron chi connectivity index (χ0n) is 12.1. The normalized spacial score (nSPS) is 19.0. The van der Waals surface area contributed by atoms with Crippen LogP contribution in [0.2, 0.25) is 0 Å². The van der Waals surface area contributed by atoms with Crippen molar-refractivity contribution in [2.45, 2.75) is 19.4 Å². The lowest BCUT2D eigenvalue weighted by Gasteiger charge is -2.32. The largest absolute Gasteiger partial charge is 0.493 e. The van der Waals surface area contributed by atoms with Crippen LogP contribution < -0.4 is 10.1 Å². The summed E-state index contributed by atoms with van der Waals surface area (Å²) in [5, 5.41) is 3.47. The van der Waals surface area contributed by atoms with Crippen molar-refractivity contribution in [3.63, 3.8) is 0 Å². The van der Waals surface area contributed by atoms with E-state index in [1.54, 1.807) is 0 Å². The van der Waals surface area contributed by atoms with Crippen LogP contribution in [0.25, 0.3) is 0 Å². The van der Waals surface area contributed by atoms with E-state index >= 15 is 0 Å². The van der Waals surface area contributed by atoms with Crippen LogP contribution in [0.3, 0.4) is 0 Å². The van der Waals surface area contributed by atoms with Crippen molar-refractivity contribution in [3.05, 3.63) is 65.2 Å². The van der Waals surface area contributed by atoms with Crippen molar-refractivity contribution < 1.29 is 4.74 Å². The van der Waals surface area contributed by atoms with Gasteiger partial charge in [0.05, 0.1) is 6.61 Å². The molecular formula is C18H21NO. The Labute approximate surface area is 120 Å². The fourth-order valence-corrected chi connectivity index (χ4v) is 3.10. The Morgan fingerprint density at radius 2 is 2.00 bits per heavy atom. The van der Waals surface area contributed by atoms with Gasteiger partial charge in [0.15, 0.2) is 0 Å². The molecule has 104 valence electrons. The molecule has 1 aliphatic rings. The lowest BCUT2D eigenvalue weighted by Crippen LogP contribution is -2.33. The highest BCUT2D eigenvalue weighted by Crippen LogP contribution is 2.33. The highest BCUT2D eigenvalue weighted by Gasteiger charge is 2.27. The number of hydrogen-bond donors (Lipinski definition) is 1. The molecule has 0 saturated heterocycles. The third-order valence-electron chi connectivity index (χ3n) is 4.09. The lowest BCUT2D eigenvalue weighted by molar-refractivity contribution is 0.188. The number of aryl methyl sites for hydroxylation is 1. The van der Waals surface area contributed by atoms with Gasteiger partial charge in [0.25, 0.3) is 0 Å². The molecule has 2 aromatic carbocycles. The van der Waals surface area contributed by atoms with Crippen molar-refractivity contribution in [2.75, 3.05) is 13.7 Å². The van der Waals surface area contributed by atoms with E-state index in [0.29, 0.717) is 12.0 Å². The summed E-state index contributed by atoms with van der Waals surface area (Å²) in [5.74, 6) is 1.51. The average molecular weight is 267 g/mol. The molecule has 1 N–H and O–H groups in total. The molecule has 0 saturated carbocycles. The van der Waals surface area contributed by atoms with Crippen molar-refractivity contribution in [2.24, 2.45) is 5.92 Å². The third-order valence-corrected chi connectivity index (χ3v) is 4.09. The second-order valence-corrected chi connectivity index (χ2v) is 5.56. The molecule has 20 heavy (non-hydrogen) atoms. The fourth-order valence-electron chi connectivity index (χ4n) is 3.10. The topological polar surface area (TPSA) is 21.3 Å². The smallest absolute Gasteiger partial charge is 0.122 e. The van der Waals surface area contributed by atoms with Crippen LogP contribution in [0.1, 0.15) is 22.7 Å². The predicted octanol–water partition coefficient (Wildman–Crippen LogP) is 3.51. The van der Waals surface area contributed by atoms with E-state index in [2.05, 4.69) is 54.7 Å². The maximum absolute atomic E-state index is 5.93. The zero-order valence-corrected chi connectivity index (χ0v) is 12.1. The summed E-state index contributed by atoms with van der Waals surface area (Å²) in [5.41, 5.74) is 3.97. The van der Waals surface area contributed by atoms with Crippen molar-refractivity contribution in [1.29, 1.82) is 0 Å². The van der Waals surface area contributed by atoms with Gasteiger partial charge in [-0.15, -0.1) is 0 Å². The Kier molecular flexibility index (Phi) is 3.75. The quantitative estimate of drug-likeness (QED) is 0.919. The maximum atomic E-state index is 5.93. The van der Waals surface area contributed by atoms with E-state index in [4.69, 9.17) is 4.74 Å². The first kappa shape index (κ1) is 13.2. The number of hydrogen-bond acceptors (Lipinski definition) is 2. The monoisotopic (exact) mass is 267 g/mol. The summed E-state index contributed by atoms with van der Waals surface area (Å²) >= 11 is 0. The molecule has 1 aliphatic heterocycles. The molecule has 0 aliphatic carbocycles. The van der Waals surface area contributed by atoms with Crippen molar-refractivity contribution >= 4 is 0 Å². The van der Waals surface area contributed by atoms with Gasteiger partial charge in [0, 0.05) is 12.0 Å². The lowest BCUT2D eigenvalue weighted by atomic mass is 9.86. The first-order valence-electron chi connectivity index (χ1n) is 7.22. The maximum Gasteiger partial charge on any atom is 0.122 e. The molecule has 2 heteroatoms. The number of fused-ring (bicyclic) bond motifs is 1. The van der Waals surface area contributed by atoms with Crippen LogP contribution in [0.4, 0.5) is 0 Å². The molecule has 0 spiro atoms. The van der Waals surface area contributed by atoms with Gasteiger partial charge >= 0.3 is 0 Å². The highest BCUT2D eigenvalue weighted by molar-refractivity contribution is 5.36. The SMILES string of the molecule is CNC(c1cccc(C)c1)C1COc2ccccc2C1. The van der Waals surface area contributed by atoms with Gasteiger partial charge in [0.1, 0.15) is 5.75 Å². The van der Waals surface area contributed by atoms with E-state index in [9.17, 15) is 0 Å². The molecule has 0 aromatic heterocycles. The van der Waals surface area contributed by atoms with Gasteiger partial charge < -0.3 is 10.1 Å². The van der Waals surface area contributed by atoms with Gasteiger partial charge in [-0.3, -0.25) is 0 Å². The molecule has 1 heterocycles. The summed E-state index contributed by atoms with van der Waals surface area (Å²) in [6.07, 6.45) is 1.07. The van der Waals surface area contributed by atoms with Gasteiger partial charge in [-0.05, 0) is 37.6 Å². The molecule has 2 unspecified atom stereocenters. The molecule has 0 bridgehead atoms. The van der Waals surface area contributed by atoms with Gasteiger partial charge in [-0.25, -0.2) is 0 Å². The standard InChI is InChI=1S/C18H21NO/c1-13-6-5-8-15(10-13)18(19-2)16-11-14-7-3-4-9-17(14)20-12-16/h3-10,16,18-19H,11-12H2,1-2H3. The van der Waals surface area contributed by atoms with Crippen LogP contribution in [0.15, 0.2) is 48.5 Å². The summed E-state index contributed by atoms with van der Waals surface area (Å²) in [6.45, 7) is 2.92. The molecule has 2 aromatic rings. The third kappa shape index (κ3) is 2.56. The molecular weight excluding hydrogens is 246 g/mol. The molecule has 0 radical (unpaired) electrons. The molecule has 3 rings (SSSR count). The van der Waals surface area contributed by atoms with Gasteiger partial charge in [-0.1, -0.05) is 48.0 Å². The number of rotatable bonds is 3. The number of ether oxygens (including phenoxy) is 1. The van der Waals surface area contributed by atoms with Gasteiger partial charge in [0.2, 0.25) is 0 Å². The Morgan fingerprint density at radius 1 is 1.15 bits per heavy atom. The van der Waals surface area contributed by atoms with E-state index in [0.717, 1.165) is 18.8 Å². The highest BCUT2D eigenvalue weighted by atomic mass is 16.5. The Morgan fingerprint density at radius 3 is 2.80 bits per heavy atom. The number of nitrogens with one attached hydrogen (secondary N) is 1. The van der Waals surface area contributed by atoms with E-state index in [1.165, 1.54) is 16.7 Å². The van der Waals surface area contributed by atoms with Crippen LogP contribution in [0.5, 0.6) is 5.75 Å². The van der Waals surface area contributed by atoms with E-state index < -0.39 is 0 Å². The van der Waals surface area contributed by atoms with Crippen LogP contribution in [-0.4, -0.2) is 13.7 Å².